The summed E-state index contributed by atoms with van der Waals surface area (Å²) in [5.41, 5.74) is 5.01. The number of nitrogen functional groups attached to an aromatic ring is 1. The molecule has 0 heterocycles. The van der Waals surface area contributed by atoms with Crippen LogP contribution in [0.25, 0.3) is 0 Å². The molecule has 0 bridgehead atoms. The van der Waals surface area contributed by atoms with Crippen molar-refractivity contribution >= 4 is 23.3 Å². The van der Waals surface area contributed by atoms with Crippen LogP contribution in [-0.4, -0.2) is 32.5 Å². The Balaban J connectivity index is 3.17. The first-order chi connectivity index (χ1) is 7.34. The van der Waals surface area contributed by atoms with E-state index in [1.54, 1.807) is 0 Å². The molecule has 1 aromatic rings. The number of aliphatic carboxylic acids is 1. The predicted octanol–water partition coefficient (Wildman–Crippen LogP) is 0.107. The molecule has 16 heavy (non-hydrogen) atoms. The Morgan fingerprint density at radius 1 is 1.38 bits per heavy atom. The second-order valence-electron chi connectivity index (χ2n) is 3.16. The van der Waals surface area contributed by atoms with Crippen molar-refractivity contribution in [1.82, 2.24) is 0 Å². The molecule has 88 valence electrons. The van der Waals surface area contributed by atoms with Crippen LogP contribution in [0.2, 0.25) is 5.02 Å². The van der Waals surface area contributed by atoms with Crippen LogP contribution in [0.1, 0.15) is 11.7 Å². The second kappa shape index (κ2) is 4.56. The molecule has 0 amide bonds. The number of nitrogens with two attached hydrogens (primary N) is 1. The number of carboxylic acid groups (broad SMARTS) is 1. The fraction of sp³-hybridized carbons (Fsp3) is 0.222. The first-order valence-electron chi connectivity index (χ1n) is 4.21. The normalized spacial score (nSPS) is 14.4. The van der Waals surface area contributed by atoms with Crippen LogP contribution in [0, 0.1) is 0 Å². The molecule has 1 rings (SSSR count). The molecule has 0 aliphatic carbocycles. The lowest BCUT2D eigenvalue weighted by Crippen LogP contribution is -2.27. The van der Waals surface area contributed by atoms with Gasteiger partial charge < -0.3 is 26.2 Å². The molecule has 0 saturated heterocycles. The van der Waals surface area contributed by atoms with Gasteiger partial charge in [-0.2, -0.15) is 0 Å². The minimum absolute atomic E-state index is 0.112. The van der Waals surface area contributed by atoms with Crippen molar-refractivity contribution in [1.29, 1.82) is 0 Å². The zero-order valence-electron chi connectivity index (χ0n) is 7.96. The molecule has 6 N–H and O–H groups in total. The Labute approximate surface area is 95.5 Å². The number of aliphatic hydroxyl groups excluding tert-OH is 2. The third-order valence-electron chi connectivity index (χ3n) is 2.00. The monoisotopic (exact) mass is 247 g/mol. The Bertz CT molecular complexity index is 423. The first-order valence-corrected chi connectivity index (χ1v) is 4.59. The number of carbonyl (C=O) groups is 1. The highest BCUT2D eigenvalue weighted by Crippen LogP contribution is 2.34. The number of aromatic hydroxyl groups is 1. The fourth-order valence-electron chi connectivity index (χ4n) is 1.17. The summed E-state index contributed by atoms with van der Waals surface area (Å²) in [6.07, 6.45) is -3.87. The summed E-state index contributed by atoms with van der Waals surface area (Å²) in [6, 6.07) is 2.37. The van der Waals surface area contributed by atoms with Crippen LogP contribution in [0.3, 0.4) is 0 Å². The molecule has 7 heteroatoms. The van der Waals surface area contributed by atoms with Gasteiger partial charge in [0.05, 0.1) is 5.69 Å². The summed E-state index contributed by atoms with van der Waals surface area (Å²) in [7, 11) is 0. The third kappa shape index (κ3) is 2.35. The maximum Gasteiger partial charge on any atom is 0.335 e. The highest BCUT2D eigenvalue weighted by Gasteiger charge is 2.28. The minimum Gasteiger partial charge on any atom is -0.505 e. The summed E-state index contributed by atoms with van der Waals surface area (Å²) in [5, 5.41) is 36.7. The smallest absolute Gasteiger partial charge is 0.335 e. The lowest BCUT2D eigenvalue weighted by Gasteiger charge is -2.16. The molecular formula is C9H10ClNO5. The van der Waals surface area contributed by atoms with E-state index in [0.717, 1.165) is 6.07 Å². The molecule has 1 aromatic carbocycles. The number of phenolic OH excluding ortho intramolecular Hbond substituents is 1. The number of phenols is 1. The Morgan fingerprint density at radius 2 is 1.94 bits per heavy atom. The largest absolute Gasteiger partial charge is 0.505 e. The van der Waals surface area contributed by atoms with Gasteiger partial charge in [0.1, 0.15) is 11.9 Å². The van der Waals surface area contributed by atoms with Crippen molar-refractivity contribution in [3.05, 3.63) is 22.7 Å². The molecular weight excluding hydrogens is 238 g/mol. The van der Waals surface area contributed by atoms with Crippen molar-refractivity contribution in [2.24, 2.45) is 0 Å². The van der Waals surface area contributed by atoms with Gasteiger partial charge in [0.2, 0.25) is 0 Å². The molecule has 0 fully saturated rings. The second-order valence-corrected chi connectivity index (χ2v) is 3.60. The molecule has 0 spiro atoms. The molecule has 2 atom stereocenters. The number of anilines is 1. The maximum absolute atomic E-state index is 10.4. The van der Waals surface area contributed by atoms with E-state index in [0.29, 0.717) is 0 Å². The van der Waals surface area contributed by atoms with E-state index in [9.17, 15) is 15.0 Å². The molecule has 0 aromatic heterocycles. The van der Waals surface area contributed by atoms with Crippen LogP contribution < -0.4 is 5.73 Å². The summed E-state index contributed by atoms with van der Waals surface area (Å²) in [5.74, 6) is -2.12. The highest BCUT2D eigenvalue weighted by molar-refractivity contribution is 6.31. The maximum atomic E-state index is 10.4. The summed E-state index contributed by atoms with van der Waals surface area (Å²) in [6.45, 7) is 0. The van der Waals surface area contributed by atoms with Gasteiger partial charge in [0.25, 0.3) is 0 Å². The number of rotatable bonds is 3. The highest BCUT2D eigenvalue weighted by atomic mass is 35.5. The lowest BCUT2D eigenvalue weighted by atomic mass is 10.0. The van der Waals surface area contributed by atoms with Gasteiger partial charge in [-0.15, -0.1) is 0 Å². The van der Waals surface area contributed by atoms with Gasteiger partial charge >= 0.3 is 5.97 Å². The summed E-state index contributed by atoms with van der Waals surface area (Å²) in [4.78, 5) is 10.4. The Morgan fingerprint density at radius 3 is 2.44 bits per heavy atom. The number of aliphatic hydroxyl groups is 2. The quantitative estimate of drug-likeness (QED) is 0.381. The molecule has 2 unspecified atom stereocenters. The number of halogens is 1. The Hall–Kier alpha value is -1.50. The topological polar surface area (TPSA) is 124 Å². The van der Waals surface area contributed by atoms with Crippen molar-refractivity contribution in [2.45, 2.75) is 12.2 Å². The molecule has 0 aliphatic heterocycles. The van der Waals surface area contributed by atoms with Crippen LogP contribution >= 0.6 is 11.6 Å². The molecule has 0 aliphatic rings. The van der Waals surface area contributed by atoms with E-state index in [2.05, 4.69) is 0 Å². The SMILES string of the molecule is Nc1cc(Cl)cc(C(O)C(O)C(=O)O)c1O. The van der Waals surface area contributed by atoms with E-state index in [4.69, 9.17) is 27.5 Å². The summed E-state index contributed by atoms with van der Waals surface area (Å²) < 4.78 is 0. The predicted molar refractivity (Wildman–Crippen MR) is 56.1 cm³/mol. The number of hydrogen-bond donors (Lipinski definition) is 5. The summed E-state index contributed by atoms with van der Waals surface area (Å²) >= 11 is 5.62. The van der Waals surface area contributed by atoms with Gasteiger partial charge in [-0.3, -0.25) is 0 Å². The fourth-order valence-corrected chi connectivity index (χ4v) is 1.41. The van der Waals surface area contributed by atoms with E-state index in [1.165, 1.54) is 6.07 Å². The van der Waals surface area contributed by atoms with Gasteiger partial charge in [0.15, 0.2) is 6.10 Å². The number of hydrogen-bond acceptors (Lipinski definition) is 5. The van der Waals surface area contributed by atoms with Crippen LogP contribution in [-0.2, 0) is 4.79 Å². The molecule has 6 nitrogen and oxygen atoms in total. The molecule has 0 radical (unpaired) electrons. The van der Waals surface area contributed by atoms with Crippen molar-refractivity contribution in [3.63, 3.8) is 0 Å². The average molecular weight is 248 g/mol. The van der Waals surface area contributed by atoms with Gasteiger partial charge in [-0.05, 0) is 12.1 Å². The van der Waals surface area contributed by atoms with Crippen molar-refractivity contribution in [2.75, 3.05) is 5.73 Å². The van der Waals surface area contributed by atoms with E-state index in [-0.39, 0.29) is 16.3 Å². The first kappa shape index (κ1) is 12.6. The van der Waals surface area contributed by atoms with E-state index < -0.39 is 23.9 Å². The van der Waals surface area contributed by atoms with E-state index >= 15 is 0 Å². The van der Waals surface area contributed by atoms with Gasteiger partial charge in [0, 0.05) is 10.6 Å². The number of benzene rings is 1. The van der Waals surface area contributed by atoms with Crippen LogP contribution in [0.15, 0.2) is 12.1 Å². The zero-order chi connectivity index (χ0) is 12.5. The lowest BCUT2D eigenvalue weighted by molar-refractivity contribution is -0.153. The Kier molecular flexibility index (Phi) is 3.58. The van der Waals surface area contributed by atoms with Crippen LogP contribution in [0.5, 0.6) is 5.75 Å². The number of carboxylic acids is 1. The third-order valence-corrected chi connectivity index (χ3v) is 2.22. The van der Waals surface area contributed by atoms with Crippen molar-refractivity contribution in [3.8, 4) is 5.75 Å². The average Bonchev–Trinajstić information content (AvgIpc) is 2.21. The van der Waals surface area contributed by atoms with Crippen molar-refractivity contribution < 1.29 is 25.2 Å². The standard InChI is InChI=1S/C9H10ClNO5/c10-3-1-4(6(12)5(11)2-3)7(13)8(14)9(15)16/h1-2,7-8,12-14H,11H2,(H,15,16). The van der Waals surface area contributed by atoms with Gasteiger partial charge in [-0.1, -0.05) is 11.6 Å². The van der Waals surface area contributed by atoms with Crippen LogP contribution in [0.4, 0.5) is 5.69 Å². The van der Waals surface area contributed by atoms with Gasteiger partial charge in [-0.25, -0.2) is 4.79 Å². The van der Waals surface area contributed by atoms with E-state index in [1.807, 2.05) is 0 Å². The minimum atomic E-state index is -2.07. The molecule has 0 saturated carbocycles. The zero-order valence-corrected chi connectivity index (χ0v) is 8.72.